The Bertz CT molecular complexity index is 786. The Hall–Kier alpha value is -1.91. The van der Waals surface area contributed by atoms with Crippen molar-refractivity contribution in [2.24, 2.45) is 0 Å². The van der Waals surface area contributed by atoms with Crippen LogP contribution in [0.4, 0.5) is 5.69 Å². The van der Waals surface area contributed by atoms with E-state index in [0.29, 0.717) is 18.1 Å². The van der Waals surface area contributed by atoms with Crippen LogP contribution in [-0.4, -0.2) is 28.1 Å². The fraction of sp³-hybridized carbons (Fsp3) is 0.458. The first-order valence-electron chi connectivity index (χ1n) is 10.5. The molecule has 0 spiro atoms. The fourth-order valence-corrected chi connectivity index (χ4v) is 5.33. The molecule has 0 saturated carbocycles. The van der Waals surface area contributed by atoms with Crippen LogP contribution in [0.5, 0.6) is 0 Å². The number of rotatable bonds is 4. The molecule has 2 heterocycles. The van der Waals surface area contributed by atoms with Crippen molar-refractivity contribution in [3.8, 4) is 0 Å². The average molecular weight is 394 g/mol. The standard InChI is InChI=1S/C24H31N3S/c1-17-11-18(2)13-20(12-17)25-24(28)26-21-14-22-9-6-10-23(15-21)27(22)16-19-7-4-3-5-8-19/h3-5,7-8,11-13,21-23H,6,9-10,14-16H2,1-2H3,(H2,25,26,28). The second kappa shape index (κ2) is 8.62. The Balaban J connectivity index is 1.36. The summed E-state index contributed by atoms with van der Waals surface area (Å²) in [7, 11) is 0. The summed E-state index contributed by atoms with van der Waals surface area (Å²) in [5.74, 6) is 0. The molecule has 28 heavy (non-hydrogen) atoms. The summed E-state index contributed by atoms with van der Waals surface area (Å²) >= 11 is 5.63. The highest BCUT2D eigenvalue weighted by molar-refractivity contribution is 7.80. The van der Waals surface area contributed by atoms with Gasteiger partial charge in [0.05, 0.1) is 0 Å². The Labute approximate surface area is 174 Å². The summed E-state index contributed by atoms with van der Waals surface area (Å²) in [5.41, 5.74) is 5.03. The van der Waals surface area contributed by atoms with Gasteiger partial charge in [-0.1, -0.05) is 42.8 Å². The molecular formula is C24H31N3S. The van der Waals surface area contributed by atoms with Gasteiger partial charge >= 0.3 is 0 Å². The van der Waals surface area contributed by atoms with Gasteiger partial charge in [0.25, 0.3) is 0 Å². The zero-order valence-corrected chi connectivity index (χ0v) is 17.8. The number of thiocarbonyl (C=S) groups is 1. The van der Waals surface area contributed by atoms with E-state index in [0.717, 1.165) is 17.3 Å². The van der Waals surface area contributed by atoms with Gasteiger partial charge in [0, 0.05) is 30.4 Å². The minimum atomic E-state index is 0.466. The smallest absolute Gasteiger partial charge is 0.170 e. The SMILES string of the molecule is Cc1cc(C)cc(NC(=S)NC2CC3CCCC(C2)N3Cc2ccccc2)c1. The van der Waals surface area contributed by atoms with Crippen LogP contribution in [0, 0.1) is 13.8 Å². The van der Waals surface area contributed by atoms with Gasteiger partial charge in [0.1, 0.15) is 0 Å². The van der Waals surface area contributed by atoms with E-state index >= 15 is 0 Å². The van der Waals surface area contributed by atoms with E-state index in [1.165, 1.54) is 48.8 Å². The molecular weight excluding hydrogens is 362 g/mol. The predicted octanol–water partition coefficient (Wildman–Crippen LogP) is 5.18. The Morgan fingerprint density at radius 2 is 1.64 bits per heavy atom. The van der Waals surface area contributed by atoms with Gasteiger partial charge < -0.3 is 10.6 Å². The van der Waals surface area contributed by atoms with Gasteiger partial charge in [-0.25, -0.2) is 0 Å². The van der Waals surface area contributed by atoms with Crippen molar-refractivity contribution in [2.75, 3.05) is 5.32 Å². The normalized spacial score (nSPS) is 24.6. The predicted molar refractivity (Wildman–Crippen MR) is 122 cm³/mol. The van der Waals surface area contributed by atoms with E-state index in [-0.39, 0.29) is 0 Å². The van der Waals surface area contributed by atoms with Crippen LogP contribution in [-0.2, 0) is 6.54 Å². The maximum atomic E-state index is 5.63. The first kappa shape index (κ1) is 19.4. The highest BCUT2D eigenvalue weighted by Crippen LogP contribution is 2.35. The lowest BCUT2D eigenvalue weighted by atomic mass is 9.81. The third kappa shape index (κ3) is 4.73. The van der Waals surface area contributed by atoms with Gasteiger partial charge in [-0.2, -0.15) is 0 Å². The molecule has 2 aliphatic heterocycles. The molecule has 2 aromatic carbocycles. The van der Waals surface area contributed by atoms with E-state index in [9.17, 15) is 0 Å². The maximum Gasteiger partial charge on any atom is 0.170 e. The summed E-state index contributed by atoms with van der Waals surface area (Å²) in [6, 6.07) is 19.2. The minimum absolute atomic E-state index is 0.466. The summed E-state index contributed by atoms with van der Waals surface area (Å²) in [6.07, 6.45) is 6.33. The first-order valence-corrected chi connectivity index (χ1v) is 10.9. The van der Waals surface area contributed by atoms with E-state index in [1.807, 2.05) is 0 Å². The molecule has 0 radical (unpaired) electrons. The molecule has 148 valence electrons. The number of aryl methyl sites for hydroxylation is 2. The summed E-state index contributed by atoms with van der Waals surface area (Å²) in [6.45, 7) is 5.32. The minimum Gasteiger partial charge on any atom is -0.360 e. The van der Waals surface area contributed by atoms with Gasteiger partial charge in [-0.05, 0) is 80.6 Å². The zero-order chi connectivity index (χ0) is 19.5. The second-order valence-electron chi connectivity index (χ2n) is 8.54. The zero-order valence-electron chi connectivity index (χ0n) is 16.9. The number of hydrogen-bond donors (Lipinski definition) is 2. The van der Waals surface area contributed by atoms with Crippen LogP contribution in [0.25, 0.3) is 0 Å². The third-order valence-electron chi connectivity index (χ3n) is 6.15. The molecule has 2 aliphatic rings. The molecule has 4 rings (SSSR count). The highest BCUT2D eigenvalue weighted by atomic mass is 32.1. The fourth-order valence-electron chi connectivity index (χ4n) is 5.05. The van der Waals surface area contributed by atoms with Crippen molar-refractivity contribution in [3.63, 3.8) is 0 Å². The lowest BCUT2D eigenvalue weighted by molar-refractivity contribution is 0.0212. The van der Waals surface area contributed by atoms with Gasteiger partial charge in [-0.3, -0.25) is 4.90 Å². The van der Waals surface area contributed by atoms with Gasteiger partial charge in [-0.15, -0.1) is 0 Å². The molecule has 2 saturated heterocycles. The van der Waals surface area contributed by atoms with Crippen molar-refractivity contribution in [1.82, 2.24) is 10.2 Å². The number of nitrogens with one attached hydrogen (secondary N) is 2. The number of anilines is 1. The number of hydrogen-bond acceptors (Lipinski definition) is 2. The van der Waals surface area contributed by atoms with Crippen LogP contribution in [0.1, 0.15) is 48.8 Å². The molecule has 0 aliphatic carbocycles. The Kier molecular flexibility index (Phi) is 5.98. The lowest BCUT2D eigenvalue weighted by Crippen LogP contribution is -2.56. The van der Waals surface area contributed by atoms with Crippen molar-refractivity contribution < 1.29 is 0 Å². The number of piperidine rings is 2. The van der Waals surface area contributed by atoms with E-state index in [1.54, 1.807) is 0 Å². The van der Waals surface area contributed by atoms with Crippen LogP contribution in [0.2, 0.25) is 0 Å². The molecule has 0 aromatic heterocycles. The molecule has 2 unspecified atom stereocenters. The van der Waals surface area contributed by atoms with E-state index < -0.39 is 0 Å². The number of nitrogens with zero attached hydrogens (tertiary/aromatic N) is 1. The van der Waals surface area contributed by atoms with Crippen LogP contribution >= 0.6 is 12.2 Å². The van der Waals surface area contributed by atoms with Gasteiger partial charge in [0.2, 0.25) is 0 Å². The largest absolute Gasteiger partial charge is 0.360 e. The summed E-state index contributed by atoms with van der Waals surface area (Å²) < 4.78 is 0. The molecule has 0 amide bonds. The molecule has 2 atom stereocenters. The van der Waals surface area contributed by atoms with Crippen LogP contribution in [0.3, 0.4) is 0 Å². The van der Waals surface area contributed by atoms with E-state index in [4.69, 9.17) is 12.2 Å². The Morgan fingerprint density at radius 1 is 1.00 bits per heavy atom. The molecule has 2 N–H and O–H groups in total. The Morgan fingerprint density at radius 3 is 2.29 bits per heavy atom. The molecule has 3 nitrogen and oxygen atoms in total. The highest BCUT2D eigenvalue weighted by Gasteiger charge is 2.38. The topological polar surface area (TPSA) is 27.3 Å². The van der Waals surface area contributed by atoms with Crippen molar-refractivity contribution in [3.05, 3.63) is 65.2 Å². The average Bonchev–Trinajstić information content (AvgIpc) is 2.62. The molecule has 2 bridgehead atoms. The van der Waals surface area contributed by atoms with Gasteiger partial charge in [0.15, 0.2) is 5.11 Å². The number of benzene rings is 2. The van der Waals surface area contributed by atoms with E-state index in [2.05, 4.69) is 77.9 Å². The van der Waals surface area contributed by atoms with Crippen molar-refractivity contribution in [2.45, 2.75) is 70.6 Å². The molecule has 2 aromatic rings. The lowest BCUT2D eigenvalue weighted by Gasteiger charge is -2.49. The molecule has 4 heteroatoms. The second-order valence-corrected chi connectivity index (χ2v) is 8.95. The number of fused-ring (bicyclic) bond motifs is 2. The van der Waals surface area contributed by atoms with Crippen molar-refractivity contribution >= 4 is 23.0 Å². The van der Waals surface area contributed by atoms with Crippen LogP contribution in [0.15, 0.2) is 48.5 Å². The first-order chi connectivity index (χ1) is 13.6. The summed E-state index contributed by atoms with van der Waals surface area (Å²) in [4.78, 5) is 2.75. The molecule has 2 fully saturated rings. The summed E-state index contributed by atoms with van der Waals surface area (Å²) in [5, 5.41) is 7.76. The monoisotopic (exact) mass is 393 g/mol. The van der Waals surface area contributed by atoms with Crippen LogP contribution < -0.4 is 10.6 Å². The van der Waals surface area contributed by atoms with Crippen molar-refractivity contribution in [1.29, 1.82) is 0 Å². The maximum absolute atomic E-state index is 5.63. The quantitative estimate of drug-likeness (QED) is 0.700. The third-order valence-corrected chi connectivity index (χ3v) is 6.37.